The lowest BCUT2D eigenvalue weighted by Gasteiger charge is -2.04. The first kappa shape index (κ1) is 15.4. The number of carbonyl (C=O) groups is 1. The van der Waals surface area contributed by atoms with Gasteiger partial charge in [0.05, 0.1) is 6.61 Å². The van der Waals surface area contributed by atoms with Crippen LogP contribution < -0.4 is 5.73 Å². The molecule has 0 fully saturated rings. The second-order valence-electron chi connectivity index (χ2n) is 4.23. The fourth-order valence-corrected chi connectivity index (χ4v) is 1.55. The lowest BCUT2D eigenvalue weighted by molar-refractivity contribution is -0.143. The molecule has 0 unspecified atom stereocenters. The molecule has 0 saturated heterocycles. The predicted octanol–water partition coefficient (Wildman–Crippen LogP) is 3.02. The van der Waals surface area contributed by atoms with E-state index in [2.05, 4.69) is 6.92 Å². The van der Waals surface area contributed by atoms with Crippen LogP contribution in [-0.4, -0.2) is 19.1 Å². The highest BCUT2D eigenvalue weighted by Crippen LogP contribution is 2.04. The average Bonchev–Trinajstić information content (AvgIpc) is 2.29. The van der Waals surface area contributed by atoms with Crippen molar-refractivity contribution in [1.82, 2.24) is 0 Å². The zero-order valence-corrected chi connectivity index (χ0v) is 10.7. The first-order chi connectivity index (χ1) is 7.81. The number of rotatable bonds is 11. The minimum absolute atomic E-state index is 0.0486. The van der Waals surface area contributed by atoms with E-state index in [-0.39, 0.29) is 5.97 Å². The molecule has 0 aliphatic carbocycles. The first-order valence-electron chi connectivity index (χ1n) is 6.67. The van der Waals surface area contributed by atoms with Crippen LogP contribution in [0.25, 0.3) is 0 Å². The van der Waals surface area contributed by atoms with Crippen LogP contribution >= 0.6 is 0 Å². The van der Waals surface area contributed by atoms with Crippen molar-refractivity contribution in [2.24, 2.45) is 5.73 Å². The summed E-state index contributed by atoms with van der Waals surface area (Å²) in [5.74, 6) is -0.0486. The maximum absolute atomic E-state index is 11.2. The molecule has 0 spiro atoms. The minimum atomic E-state index is -0.0486. The van der Waals surface area contributed by atoms with E-state index in [1.165, 1.54) is 25.7 Å². The van der Waals surface area contributed by atoms with Crippen molar-refractivity contribution in [2.75, 3.05) is 13.2 Å². The van der Waals surface area contributed by atoms with E-state index in [4.69, 9.17) is 10.5 Å². The van der Waals surface area contributed by atoms with Gasteiger partial charge in [-0.1, -0.05) is 39.0 Å². The van der Waals surface area contributed by atoms with E-state index < -0.39 is 0 Å². The predicted molar refractivity (Wildman–Crippen MR) is 67.2 cm³/mol. The third kappa shape index (κ3) is 11.5. The summed E-state index contributed by atoms with van der Waals surface area (Å²) in [6.07, 6.45) is 9.47. The highest BCUT2D eigenvalue weighted by atomic mass is 16.5. The van der Waals surface area contributed by atoms with Gasteiger partial charge in [0.1, 0.15) is 0 Å². The van der Waals surface area contributed by atoms with Crippen LogP contribution in [-0.2, 0) is 9.53 Å². The quantitative estimate of drug-likeness (QED) is 0.437. The molecule has 3 heteroatoms. The summed E-state index contributed by atoms with van der Waals surface area (Å²) in [7, 11) is 0. The highest BCUT2D eigenvalue weighted by molar-refractivity contribution is 5.69. The van der Waals surface area contributed by atoms with Gasteiger partial charge in [0, 0.05) is 6.42 Å². The molecule has 0 aliphatic rings. The van der Waals surface area contributed by atoms with E-state index >= 15 is 0 Å². The van der Waals surface area contributed by atoms with Crippen molar-refractivity contribution in [1.29, 1.82) is 0 Å². The summed E-state index contributed by atoms with van der Waals surface area (Å²) in [6.45, 7) is 3.51. The molecule has 0 aromatic rings. The van der Waals surface area contributed by atoms with Gasteiger partial charge in [0.25, 0.3) is 0 Å². The van der Waals surface area contributed by atoms with Gasteiger partial charge >= 0.3 is 5.97 Å². The SMILES string of the molecule is CCCCCCCOC(=O)CCCCCN. The molecule has 0 rings (SSSR count). The number of esters is 1. The van der Waals surface area contributed by atoms with Crippen LogP contribution in [0.5, 0.6) is 0 Å². The molecule has 0 bridgehead atoms. The van der Waals surface area contributed by atoms with Crippen LogP contribution in [0.4, 0.5) is 0 Å². The van der Waals surface area contributed by atoms with Gasteiger partial charge in [-0.25, -0.2) is 0 Å². The van der Waals surface area contributed by atoms with Gasteiger partial charge < -0.3 is 10.5 Å². The molecule has 0 amide bonds. The maximum Gasteiger partial charge on any atom is 0.305 e. The lowest BCUT2D eigenvalue weighted by atomic mass is 10.2. The second kappa shape index (κ2) is 12.5. The molecule has 0 atom stereocenters. The van der Waals surface area contributed by atoms with Gasteiger partial charge in [0.2, 0.25) is 0 Å². The Bertz CT molecular complexity index is 160. The van der Waals surface area contributed by atoms with Crippen LogP contribution in [0.2, 0.25) is 0 Å². The van der Waals surface area contributed by atoms with Crippen molar-refractivity contribution < 1.29 is 9.53 Å². The fraction of sp³-hybridized carbons (Fsp3) is 0.923. The standard InChI is InChI=1S/C13H27NO2/c1-2-3-4-5-9-12-16-13(15)10-7-6-8-11-14/h2-12,14H2,1H3. The third-order valence-corrected chi connectivity index (χ3v) is 2.60. The molecule has 0 saturated carbocycles. The van der Waals surface area contributed by atoms with E-state index in [0.29, 0.717) is 19.6 Å². The Balaban J connectivity index is 3.11. The summed E-state index contributed by atoms with van der Waals surface area (Å²) in [4.78, 5) is 11.2. The Morgan fingerprint density at radius 2 is 1.69 bits per heavy atom. The molecule has 0 heterocycles. The lowest BCUT2D eigenvalue weighted by Crippen LogP contribution is -2.06. The van der Waals surface area contributed by atoms with Crippen LogP contribution in [0, 0.1) is 0 Å². The van der Waals surface area contributed by atoms with Crippen molar-refractivity contribution in [3.63, 3.8) is 0 Å². The fourth-order valence-electron chi connectivity index (χ4n) is 1.55. The molecule has 3 nitrogen and oxygen atoms in total. The Hall–Kier alpha value is -0.570. The number of carbonyl (C=O) groups excluding carboxylic acids is 1. The van der Waals surface area contributed by atoms with Crippen LogP contribution in [0.3, 0.4) is 0 Å². The summed E-state index contributed by atoms with van der Waals surface area (Å²) >= 11 is 0. The topological polar surface area (TPSA) is 52.3 Å². The van der Waals surface area contributed by atoms with Gasteiger partial charge in [-0.2, -0.15) is 0 Å². The molecule has 2 N–H and O–H groups in total. The Morgan fingerprint density at radius 3 is 2.38 bits per heavy atom. The van der Waals surface area contributed by atoms with Crippen molar-refractivity contribution in [3.05, 3.63) is 0 Å². The number of hydrogen-bond acceptors (Lipinski definition) is 3. The molecule has 0 aromatic carbocycles. The maximum atomic E-state index is 11.2. The number of ether oxygens (including phenoxy) is 1. The number of hydrogen-bond donors (Lipinski definition) is 1. The van der Waals surface area contributed by atoms with Crippen molar-refractivity contribution in [2.45, 2.75) is 64.7 Å². The average molecular weight is 229 g/mol. The van der Waals surface area contributed by atoms with Gasteiger partial charge in [-0.15, -0.1) is 0 Å². The summed E-state index contributed by atoms with van der Waals surface area (Å²) in [6, 6.07) is 0. The zero-order valence-electron chi connectivity index (χ0n) is 10.7. The van der Waals surface area contributed by atoms with E-state index in [0.717, 1.165) is 25.7 Å². The molecule has 0 aromatic heterocycles. The molecule has 0 radical (unpaired) electrons. The molecule has 0 aliphatic heterocycles. The van der Waals surface area contributed by atoms with E-state index in [1.54, 1.807) is 0 Å². The van der Waals surface area contributed by atoms with Gasteiger partial charge in [-0.3, -0.25) is 4.79 Å². The molecule has 96 valence electrons. The summed E-state index contributed by atoms with van der Waals surface area (Å²) in [5, 5.41) is 0. The smallest absolute Gasteiger partial charge is 0.305 e. The van der Waals surface area contributed by atoms with E-state index in [1.807, 2.05) is 0 Å². The van der Waals surface area contributed by atoms with Crippen LogP contribution in [0.1, 0.15) is 64.7 Å². The van der Waals surface area contributed by atoms with Crippen LogP contribution in [0.15, 0.2) is 0 Å². The molecule has 16 heavy (non-hydrogen) atoms. The van der Waals surface area contributed by atoms with Gasteiger partial charge in [0.15, 0.2) is 0 Å². The Labute approximate surface area is 99.7 Å². The molecular weight excluding hydrogens is 202 g/mol. The monoisotopic (exact) mass is 229 g/mol. The molecular formula is C13H27NO2. The number of nitrogens with two attached hydrogens (primary N) is 1. The number of unbranched alkanes of at least 4 members (excludes halogenated alkanes) is 6. The summed E-state index contributed by atoms with van der Waals surface area (Å²) in [5.41, 5.74) is 5.37. The minimum Gasteiger partial charge on any atom is -0.466 e. The zero-order chi connectivity index (χ0) is 12.1. The van der Waals surface area contributed by atoms with Crippen molar-refractivity contribution >= 4 is 5.97 Å². The second-order valence-corrected chi connectivity index (χ2v) is 4.23. The summed E-state index contributed by atoms with van der Waals surface area (Å²) < 4.78 is 5.13. The Morgan fingerprint density at radius 1 is 1.00 bits per heavy atom. The largest absolute Gasteiger partial charge is 0.466 e. The first-order valence-corrected chi connectivity index (χ1v) is 6.67. The highest BCUT2D eigenvalue weighted by Gasteiger charge is 2.01. The Kier molecular flexibility index (Phi) is 12.1. The third-order valence-electron chi connectivity index (χ3n) is 2.60. The van der Waals surface area contributed by atoms with Crippen molar-refractivity contribution in [3.8, 4) is 0 Å². The normalized spacial score (nSPS) is 10.4. The van der Waals surface area contributed by atoms with Gasteiger partial charge in [-0.05, 0) is 25.8 Å². The van der Waals surface area contributed by atoms with E-state index in [9.17, 15) is 4.79 Å².